The molecule has 2 aromatic carbocycles. The van der Waals surface area contributed by atoms with Gasteiger partial charge in [-0.05, 0) is 35.1 Å². The van der Waals surface area contributed by atoms with Gasteiger partial charge in [0.05, 0.1) is 0 Å². The summed E-state index contributed by atoms with van der Waals surface area (Å²) >= 11 is 0. The second-order valence-corrected chi connectivity index (χ2v) is 8.31. The highest BCUT2D eigenvalue weighted by molar-refractivity contribution is 5.87. The van der Waals surface area contributed by atoms with Crippen LogP contribution >= 0.6 is 0 Å². The van der Waals surface area contributed by atoms with Gasteiger partial charge in [-0.1, -0.05) is 73.9 Å². The molecular formula is C27H32N2O5. The van der Waals surface area contributed by atoms with Crippen LogP contribution in [0.1, 0.15) is 55.6 Å². The second kappa shape index (κ2) is 13.2. The number of amides is 2. The lowest BCUT2D eigenvalue weighted by atomic mass is 9.98. The van der Waals surface area contributed by atoms with Crippen molar-refractivity contribution in [1.82, 2.24) is 10.6 Å². The number of nitrogens with one attached hydrogen (secondary N) is 2. The van der Waals surface area contributed by atoms with Gasteiger partial charge in [-0.3, -0.25) is 9.59 Å². The van der Waals surface area contributed by atoms with E-state index < -0.39 is 12.1 Å². The predicted molar refractivity (Wildman–Crippen MR) is 131 cm³/mol. The standard InChI is InChI=1S/C27H32N2O5/c30-25(28-17-9-3-1-2-4-16-26(31)32)15-10-18-29-27(33)34-19-24-22-13-7-5-11-20(22)21-12-6-8-14-23(21)24/h5-8,10-15,24H,1-4,9,16-19H2,(H,28,30)(H,29,33)(H,31,32)/b15-10+. The largest absolute Gasteiger partial charge is 0.481 e. The first kappa shape index (κ1) is 25.0. The topological polar surface area (TPSA) is 105 Å². The molecular weight excluding hydrogens is 432 g/mol. The molecule has 0 aromatic heterocycles. The maximum Gasteiger partial charge on any atom is 0.407 e. The van der Waals surface area contributed by atoms with E-state index in [2.05, 4.69) is 34.9 Å². The summed E-state index contributed by atoms with van der Waals surface area (Å²) in [5.41, 5.74) is 4.68. The monoisotopic (exact) mass is 464 g/mol. The van der Waals surface area contributed by atoms with Gasteiger partial charge >= 0.3 is 12.1 Å². The fraction of sp³-hybridized carbons (Fsp3) is 0.370. The van der Waals surface area contributed by atoms with Crippen molar-refractivity contribution in [1.29, 1.82) is 0 Å². The number of carbonyl (C=O) groups is 3. The average molecular weight is 465 g/mol. The zero-order valence-electron chi connectivity index (χ0n) is 19.3. The Morgan fingerprint density at radius 3 is 2.15 bits per heavy atom. The smallest absolute Gasteiger partial charge is 0.407 e. The van der Waals surface area contributed by atoms with E-state index in [1.54, 1.807) is 6.08 Å². The summed E-state index contributed by atoms with van der Waals surface area (Å²) in [6.07, 6.45) is 7.03. The molecule has 0 fully saturated rings. The third-order valence-electron chi connectivity index (χ3n) is 5.84. The van der Waals surface area contributed by atoms with E-state index in [9.17, 15) is 14.4 Å². The van der Waals surface area contributed by atoms with Crippen molar-refractivity contribution in [3.05, 3.63) is 71.8 Å². The number of carboxylic acid groups (broad SMARTS) is 1. The number of carbonyl (C=O) groups excluding carboxylic acids is 2. The lowest BCUT2D eigenvalue weighted by molar-refractivity contribution is -0.137. The molecule has 1 aliphatic rings. The van der Waals surface area contributed by atoms with Gasteiger partial charge < -0.3 is 20.5 Å². The molecule has 3 N–H and O–H groups in total. The van der Waals surface area contributed by atoms with Crippen LogP contribution in [0.3, 0.4) is 0 Å². The summed E-state index contributed by atoms with van der Waals surface area (Å²) < 4.78 is 5.46. The molecule has 0 atom stereocenters. The molecule has 0 heterocycles. The first-order valence-electron chi connectivity index (χ1n) is 11.8. The van der Waals surface area contributed by atoms with Crippen LogP contribution in [0.4, 0.5) is 4.79 Å². The first-order chi connectivity index (χ1) is 16.6. The highest BCUT2D eigenvalue weighted by Gasteiger charge is 2.28. The van der Waals surface area contributed by atoms with Crippen LogP contribution in [0.15, 0.2) is 60.7 Å². The molecule has 0 spiro atoms. The Hall–Kier alpha value is -3.61. The number of ether oxygens (including phenoxy) is 1. The van der Waals surface area contributed by atoms with Gasteiger partial charge in [-0.2, -0.15) is 0 Å². The Morgan fingerprint density at radius 2 is 1.47 bits per heavy atom. The number of rotatable bonds is 13. The number of carboxylic acids is 1. The number of hydrogen-bond donors (Lipinski definition) is 3. The third kappa shape index (κ3) is 7.47. The molecule has 2 aromatic rings. The summed E-state index contributed by atoms with van der Waals surface area (Å²) in [5, 5.41) is 14.0. The molecule has 0 bridgehead atoms. The third-order valence-corrected chi connectivity index (χ3v) is 5.84. The number of unbranched alkanes of at least 4 members (excludes halogenated alkanes) is 4. The van der Waals surface area contributed by atoms with Crippen molar-refractivity contribution >= 4 is 18.0 Å². The van der Waals surface area contributed by atoms with Crippen molar-refractivity contribution in [2.75, 3.05) is 19.7 Å². The van der Waals surface area contributed by atoms with E-state index in [-0.39, 0.29) is 31.4 Å². The van der Waals surface area contributed by atoms with Crippen molar-refractivity contribution in [2.24, 2.45) is 0 Å². The molecule has 0 unspecified atom stereocenters. The van der Waals surface area contributed by atoms with E-state index in [4.69, 9.17) is 9.84 Å². The summed E-state index contributed by atoms with van der Waals surface area (Å²) in [6.45, 7) is 1.02. The minimum atomic E-state index is -0.757. The molecule has 1 aliphatic carbocycles. The number of fused-ring (bicyclic) bond motifs is 3. The van der Waals surface area contributed by atoms with Crippen molar-refractivity contribution in [3.8, 4) is 11.1 Å². The van der Waals surface area contributed by atoms with Crippen molar-refractivity contribution < 1.29 is 24.2 Å². The van der Waals surface area contributed by atoms with Crippen LogP contribution in [-0.4, -0.2) is 42.8 Å². The highest BCUT2D eigenvalue weighted by Crippen LogP contribution is 2.44. The summed E-state index contributed by atoms with van der Waals surface area (Å²) in [4.78, 5) is 34.4. The van der Waals surface area contributed by atoms with Crippen LogP contribution in [0, 0.1) is 0 Å². The maximum atomic E-state index is 12.1. The Morgan fingerprint density at radius 1 is 0.853 bits per heavy atom. The molecule has 2 amide bonds. The summed E-state index contributed by atoms with van der Waals surface area (Å²) in [7, 11) is 0. The fourth-order valence-corrected chi connectivity index (χ4v) is 4.16. The van der Waals surface area contributed by atoms with E-state index in [0.717, 1.165) is 36.8 Å². The first-order valence-corrected chi connectivity index (χ1v) is 11.8. The SMILES string of the molecule is O=C(O)CCCCCCCNC(=O)/C=C/CNC(=O)OCC1c2ccccc2-c2ccccc21. The number of hydrogen-bond acceptors (Lipinski definition) is 4. The summed E-state index contributed by atoms with van der Waals surface area (Å²) in [5.74, 6) is -0.955. The quantitative estimate of drug-likeness (QED) is 0.296. The molecule has 7 heteroatoms. The van der Waals surface area contributed by atoms with Crippen molar-refractivity contribution in [2.45, 2.75) is 44.4 Å². The predicted octanol–water partition coefficient (Wildman–Crippen LogP) is 4.62. The van der Waals surface area contributed by atoms with Gasteiger partial charge in [0.2, 0.25) is 5.91 Å². The van der Waals surface area contributed by atoms with Crippen LogP contribution in [-0.2, 0) is 14.3 Å². The number of aliphatic carboxylic acids is 1. The van der Waals surface area contributed by atoms with Crippen LogP contribution in [0.2, 0.25) is 0 Å². The van der Waals surface area contributed by atoms with E-state index in [1.807, 2.05) is 24.3 Å². The normalized spacial score (nSPS) is 12.2. The number of alkyl carbamates (subject to hydrolysis) is 1. The summed E-state index contributed by atoms with van der Waals surface area (Å²) in [6, 6.07) is 16.3. The lowest BCUT2D eigenvalue weighted by Gasteiger charge is -2.14. The van der Waals surface area contributed by atoms with Crippen molar-refractivity contribution in [3.63, 3.8) is 0 Å². The van der Waals surface area contributed by atoms with Gasteiger partial charge in [-0.15, -0.1) is 0 Å². The fourth-order valence-electron chi connectivity index (χ4n) is 4.16. The molecule has 3 rings (SSSR count). The molecule has 34 heavy (non-hydrogen) atoms. The van der Waals surface area contributed by atoms with Gasteiger partial charge in [0, 0.05) is 31.5 Å². The van der Waals surface area contributed by atoms with Gasteiger partial charge in [0.1, 0.15) is 6.61 Å². The maximum absolute atomic E-state index is 12.1. The molecule has 0 saturated carbocycles. The van der Waals surface area contributed by atoms with Gasteiger partial charge in [0.15, 0.2) is 0 Å². The minimum Gasteiger partial charge on any atom is -0.481 e. The Kier molecular flexibility index (Phi) is 9.70. The minimum absolute atomic E-state index is 0.0108. The van der Waals surface area contributed by atoms with Crippen LogP contribution in [0.5, 0.6) is 0 Å². The Balaban J connectivity index is 1.29. The lowest BCUT2D eigenvalue weighted by Crippen LogP contribution is -2.27. The molecule has 7 nitrogen and oxygen atoms in total. The van der Waals surface area contributed by atoms with E-state index >= 15 is 0 Å². The highest BCUT2D eigenvalue weighted by atomic mass is 16.5. The zero-order valence-corrected chi connectivity index (χ0v) is 19.3. The zero-order chi connectivity index (χ0) is 24.2. The van der Waals surface area contributed by atoms with E-state index in [1.165, 1.54) is 17.2 Å². The van der Waals surface area contributed by atoms with Gasteiger partial charge in [0.25, 0.3) is 0 Å². The Bertz CT molecular complexity index is 972. The average Bonchev–Trinajstić information content (AvgIpc) is 3.16. The van der Waals surface area contributed by atoms with Gasteiger partial charge in [-0.25, -0.2) is 4.79 Å². The Labute approximate surface area is 200 Å². The molecule has 180 valence electrons. The molecule has 0 aliphatic heterocycles. The number of benzene rings is 2. The van der Waals surface area contributed by atoms with Crippen LogP contribution < -0.4 is 10.6 Å². The molecule has 0 saturated heterocycles. The molecule has 0 radical (unpaired) electrons. The second-order valence-electron chi connectivity index (χ2n) is 8.31. The van der Waals surface area contributed by atoms with Crippen LogP contribution in [0.25, 0.3) is 11.1 Å². The van der Waals surface area contributed by atoms with E-state index in [0.29, 0.717) is 13.0 Å².